The molecule has 0 bridgehead atoms. The molecule has 1 N–H and O–H groups in total. The number of rotatable bonds is 6. The fourth-order valence-corrected chi connectivity index (χ4v) is 1.66. The lowest BCUT2D eigenvalue weighted by Gasteiger charge is -2.27. The van der Waals surface area contributed by atoms with Crippen molar-refractivity contribution in [1.29, 1.82) is 0 Å². The van der Waals surface area contributed by atoms with Crippen LogP contribution in [0.2, 0.25) is 0 Å². The van der Waals surface area contributed by atoms with Crippen LogP contribution in [0.3, 0.4) is 0 Å². The molecule has 0 spiro atoms. The third-order valence-electron chi connectivity index (χ3n) is 2.44. The molecule has 0 rings (SSSR count). The topological polar surface area (TPSA) is 63.6 Å². The summed E-state index contributed by atoms with van der Waals surface area (Å²) < 4.78 is 4.84. The van der Waals surface area contributed by atoms with E-state index in [0.29, 0.717) is 6.42 Å². The van der Waals surface area contributed by atoms with Gasteiger partial charge in [0.05, 0.1) is 6.61 Å². The summed E-state index contributed by atoms with van der Waals surface area (Å²) in [5, 5.41) is 9.17. The minimum atomic E-state index is -1.37. The van der Waals surface area contributed by atoms with Gasteiger partial charge in [0, 0.05) is 0 Å². The molecule has 0 aromatic rings. The van der Waals surface area contributed by atoms with E-state index in [0.717, 1.165) is 0 Å². The molecular weight excluding hydrogens is 196 g/mol. The van der Waals surface area contributed by atoms with E-state index in [-0.39, 0.29) is 18.9 Å². The first kappa shape index (κ1) is 13.9. The van der Waals surface area contributed by atoms with Crippen LogP contribution < -0.4 is 0 Å². The number of carboxylic acids is 1. The van der Waals surface area contributed by atoms with Crippen molar-refractivity contribution in [2.24, 2.45) is 11.3 Å². The van der Waals surface area contributed by atoms with Crippen molar-refractivity contribution in [3.8, 4) is 0 Å². The van der Waals surface area contributed by atoms with Gasteiger partial charge in [0.1, 0.15) is 0 Å². The summed E-state index contributed by atoms with van der Waals surface area (Å²) >= 11 is 0. The molecule has 15 heavy (non-hydrogen) atoms. The van der Waals surface area contributed by atoms with Crippen molar-refractivity contribution in [2.75, 3.05) is 6.61 Å². The highest BCUT2D eigenvalue weighted by Crippen LogP contribution is 2.32. The Morgan fingerprint density at radius 2 is 1.87 bits per heavy atom. The Bertz CT molecular complexity index is 235. The number of hydrogen-bond acceptors (Lipinski definition) is 3. The maximum absolute atomic E-state index is 11.7. The van der Waals surface area contributed by atoms with Crippen LogP contribution in [0.5, 0.6) is 0 Å². The first-order valence-electron chi connectivity index (χ1n) is 5.31. The van der Waals surface area contributed by atoms with E-state index in [2.05, 4.69) is 0 Å². The number of hydrogen-bond donors (Lipinski definition) is 1. The van der Waals surface area contributed by atoms with Gasteiger partial charge in [0.15, 0.2) is 5.41 Å². The van der Waals surface area contributed by atoms with E-state index >= 15 is 0 Å². The number of carboxylic acid groups (broad SMARTS) is 1. The van der Waals surface area contributed by atoms with Crippen molar-refractivity contribution < 1.29 is 19.4 Å². The van der Waals surface area contributed by atoms with E-state index < -0.39 is 17.4 Å². The van der Waals surface area contributed by atoms with Crippen molar-refractivity contribution in [3.63, 3.8) is 0 Å². The van der Waals surface area contributed by atoms with Crippen LogP contribution in [0.25, 0.3) is 0 Å². The smallest absolute Gasteiger partial charge is 0.323 e. The Hall–Kier alpha value is -1.06. The molecule has 1 unspecified atom stereocenters. The Balaban J connectivity index is 4.96. The van der Waals surface area contributed by atoms with Gasteiger partial charge in [-0.15, -0.1) is 0 Å². The molecule has 4 nitrogen and oxygen atoms in total. The quantitative estimate of drug-likeness (QED) is 0.545. The molecular formula is C11H20O4. The minimum absolute atomic E-state index is 0.144. The summed E-state index contributed by atoms with van der Waals surface area (Å²) in [5.74, 6) is -1.56. The minimum Gasteiger partial charge on any atom is -0.480 e. The Labute approximate surface area is 90.6 Å². The zero-order valence-corrected chi connectivity index (χ0v) is 9.87. The number of esters is 1. The number of carbonyl (C=O) groups is 2. The molecule has 0 aromatic heterocycles. The lowest BCUT2D eigenvalue weighted by molar-refractivity contribution is -0.170. The number of aliphatic carboxylic acids is 1. The molecule has 0 saturated heterocycles. The van der Waals surface area contributed by atoms with Gasteiger partial charge in [0.2, 0.25) is 0 Å². The SMILES string of the molecule is CCOC(=O)C(CC)(CC(C)C)C(=O)O. The molecule has 0 aliphatic carbocycles. The van der Waals surface area contributed by atoms with E-state index in [1.54, 1.807) is 13.8 Å². The van der Waals surface area contributed by atoms with Crippen LogP contribution in [0.15, 0.2) is 0 Å². The molecule has 0 saturated carbocycles. The zero-order valence-electron chi connectivity index (χ0n) is 9.87. The van der Waals surface area contributed by atoms with Gasteiger partial charge in [-0.2, -0.15) is 0 Å². The third-order valence-corrected chi connectivity index (χ3v) is 2.44. The molecule has 0 aliphatic heterocycles. The first-order chi connectivity index (χ1) is 6.90. The average Bonchev–Trinajstić information content (AvgIpc) is 2.13. The van der Waals surface area contributed by atoms with Gasteiger partial charge in [-0.05, 0) is 25.7 Å². The van der Waals surface area contributed by atoms with Gasteiger partial charge >= 0.3 is 11.9 Å². The van der Waals surface area contributed by atoms with Crippen LogP contribution in [0.4, 0.5) is 0 Å². The third kappa shape index (κ3) is 3.22. The highest BCUT2D eigenvalue weighted by Gasteiger charge is 2.46. The molecule has 0 fully saturated rings. The molecule has 0 radical (unpaired) electrons. The Morgan fingerprint density at radius 1 is 1.33 bits per heavy atom. The molecule has 0 amide bonds. The van der Waals surface area contributed by atoms with Gasteiger partial charge < -0.3 is 9.84 Å². The van der Waals surface area contributed by atoms with Gasteiger partial charge in [-0.3, -0.25) is 9.59 Å². The van der Waals surface area contributed by atoms with Crippen molar-refractivity contribution in [3.05, 3.63) is 0 Å². The van der Waals surface area contributed by atoms with Gasteiger partial charge in [0.25, 0.3) is 0 Å². The first-order valence-corrected chi connectivity index (χ1v) is 5.31. The second kappa shape index (κ2) is 5.73. The summed E-state index contributed by atoms with van der Waals surface area (Å²) in [7, 11) is 0. The van der Waals surface area contributed by atoms with Crippen LogP contribution in [0.1, 0.15) is 40.5 Å². The predicted molar refractivity (Wildman–Crippen MR) is 56.4 cm³/mol. The standard InChI is InChI=1S/C11H20O4/c1-5-11(9(12)13,7-8(3)4)10(14)15-6-2/h8H,5-7H2,1-4H3,(H,12,13). The Morgan fingerprint density at radius 3 is 2.13 bits per heavy atom. The second-order valence-electron chi connectivity index (χ2n) is 4.06. The van der Waals surface area contributed by atoms with Crippen LogP contribution in [-0.2, 0) is 14.3 Å². The van der Waals surface area contributed by atoms with Gasteiger partial charge in [-0.1, -0.05) is 20.8 Å². The highest BCUT2D eigenvalue weighted by molar-refractivity contribution is 5.99. The lowest BCUT2D eigenvalue weighted by atomic mass is 9.78. The van der Waals surface area contributed by atoms with Crippen LogP contribution in [-0.4, -0.2) is 23.7 Å². The van der Waals surface area contributed by atoms with Gasteiger partial charge in [-0.25, -0.2) is 0 Å². The molecule has 0 aromatic carbocycles. The molecule has 0 aliphatic rings. The van der Waals surface area contributed by atoms with Crippen molar-refractivity contribution >= 4 is 11.9 Å². The maximum Gasteiger partial charge on any atom is 0.323 e. The average molecular weight is 216 g/mol. The fourth-order valence-electron chi connectivity index (χ4n) is 1.66. The highest BCUT2D eigenvalue weighted by atomic mass is 16.5. The summed E-state index contributed by atoms with van der Waals surface area (Å²) in [6.07, 6.45) is 0.580. The lowest BCUT2D eigenvalue weighted by Crippen LogP contribution is -2.41. The maximum atomic E-state index is 11.7. The van der Waals surface area contributed by atoms with E-state index in [1.165, 1.54) is 0 Å². The second-order valence-corrected chi connectivity index (χ2v) is 4.06. The van der Waals surface area contributed by atoms with Crippen molar-refractivity contribution in [2.45, 2.75) is 40.5 Å². The summed E-state index contributed by atoms with van der Waals surface area (Å²) in [4.78, 5) is 22.9. The summed E-state index contributed by atoms with van der Waals surface area (Å²) in [5.41, 5.74) is -1.37. The Kier molecular flexibility index (Phi) is 5.33. The summed E-state index contributed by atoms with van der Waals surface area (Å²) in [6.45, 7) is 7.38. The molecule has 4 heteroatoms. The monoisotopic (exact) mass is 216 g/mol. The van der Waals surface area contributed by atoms with E-state index in [1.807, 2.05) is 13.8 Å². The molecule has 0 heterocycles. The molecule has 1 atom stereocenters. The number of carbonyl (C=O) groups excluding carboxylic acids is 1. The van der Waals surface area contributed by atoms with E-state index in [4.69, 9.17) is 9.84 Å². The predicted octanol–water partition coefficient (Wildman–Crippen LogP) is 2.08. The zero-order chi connectivity index (χ0) is 12.1. The van der Waals surface area contributed by atoms with Crippen LogP contribution >= 0.6 is 0 Å². The fraction of sp³-hybridized carbons (Fsp3) is 0.818. The van der Waals surface area contributed by atoms with E-state index in [9.17, 15) is 9.59 Å². The normalized spacial score (nSPS) is 14.7. The summed E-state index contributed by atoms with van der Waals surface area (Å²) in [6, 6.07) is 0. The van der Waals surface area contributed by atoms with Crippen LogP contribution in [0, 0.1) is 11.3 Å². The molecule has 88 valence electrons. The largest absolute Gasteiger partial charge is 0.480 e. The van der Waals surface area contributed by atoms with Crippen molar-refractivity contribution in [1.82, 2.24) is 0 Å². The number of ether oxygens (including phenoxy) is 1.